The van der Waals surface area contributed by atoms with Gasteiger partial charge in [-0.2, -0.15) is 0 Å². The van der Waals surface area contributed by atoms with Gasteiger partial charge in [0.05, 0.1) is 11.2 Å². The van der Waals surface area contributed by atoms with Crippen LogP contribution in [0, 0.1) is 0 Å². The molecule has 1 aliphatic carbocycles. The fraction of sp³-hybridized carbons (Fsp3) is 0.115. The van der Waals surface area contributed by atoms with E-state index in [0.717, 1.165) is 45.7 Å². The van der Waals surface area contributed by atoms with Crippen LogP contribution in [0.2, 0.25) is 0 Å². The summed E-state index contributed by atoms with van der Waals surface area (Å²) in [7, 11) is 0. The van der Waals surface area contributed by atoms with E-state index in [1.165, 1.54) is 11.3 Å². The maximum absolute atomic E-state index is 12.6. The molecule has 5 aromatic rings. The number of carbonyl (C=O) groups excluding carboxylic acids is 1. The Bertz CT molecular complexity index is 1480. The van der Waals surface area contributed by atoms with Crippen molar-refractivity contribution >= 4 is 44.9 Å². The SMILES string of the molecule is O=C(Nc1nnc(C2CC2)s1)c1ccc(Nc2nc(-c3ccccc3)c3ccccc3n2)cc1. The number of aromatic nitrogens is 4. The van der Waals surface area contributed by atoms with Crippen LogP contribution in [0.3, 0.4) is 0 Å². The summed E-state index contributed by atoms with van der Waals surface area (Å²) in [6.45, 7) is 0. The molecule has 0 bridgehead atoms. The molecule has 0 saturated heterocycles. The molecular formula is C26H20N6OS. The van der Waals surface area contributed by atoms with E-state index < -0.39 is 0 Å². The molecule has 0 radical (unpaired) electrons. The zero-order valence-corrected chi connectivity index (χ0v) is 18.9. The highest BCUT2D eigenvalue weighted by Gasteiger charge is 2.27. The number of para-hydroxylation sites is 1. The molecule has 2 N–H and O–H groups in total. The molecule has 0 unspecified atom stereocenters. The number of benzene rings is 3. The molecule has 0 spiro atoms. The largest absolute Gasteiger partial charge is 0.324 e. The van der Waals surface area contributed by atoms with E-state index in [0.29, 0.717) is 22.6 Å². The van der Waals surface area contributed by atoms with Crippen molar-refractivity contribution in [2.75, 3.05) is 10.6 Å². The number of rotatable bonds is 6. The van der Waals surface area contributed by atoms with Crippen LogP contribution < -0.4 is 10.6 Å². The van der Waals surface area contributed by atoms with Crippen LogP contribution in [0.4, 0.5) is 16.8 Å². The van der Waals surface area contributed by atoms with Crippen molar-refractivity contribution in [3.8, 4) is 11.3 Å². The summed E-state index contributed by atoms with van der Waals surface area (Å²) in [6.07, 6.45) is 2.32. The van der Waals surface area contributed by atoms with Gasteiger partial charge in [-0.1, -0.05) is 59.9 Å². The lowest BCUT2D eigenvalue weighted by atomic mass is 10.1. The Kier molecular flexibility index (Phi) is 5.20. The minimum Gasteiger partial charge on any atom is -0.324 e. The number of hydrogen-bond acceptors (Lipinski definition) is 7. The van der Waals surface area contributed by atoms with Gasteiger partial charge in [0.15, 0.2) is 0 Å². The summed E-state index contributed by atoms with van der Waals surface area (Å²) in [4.78, 5) is 22.1. The molecule has 2 heterocycles. The second-order valence-corrected chi connectivity index (χ2v) is 9.16. The number of amides is 1. The van der Waals surface area contributed by atoms with Crippen LogP contribution in [0.1, 0.15) is 34.1 Å². The van der Waals surface area contributed by atoms with E-state index in [-0.39, 0.29) is 5.91 Å². The maximum atomic E-state index is 12.6. The average Bonchev–Trinajstić information content (AvgIpc) is 3.63. The van der Waals surface area contributed by atoms with Crippen molar-refractivity contribution < 1.29 is 4.79 Å². The number of nitrogens with one attached hydrogen (secondary N) is 2. The number of hydrogen-bond donors (Lipinski definition) is 2. The lowest BCUT2D eigenvalue weighted by molar-refractivity contribution is 0.102. The summed E-state index contributed by atoms with van der Waals surface area (Å²) in [5.41, 5.74) is 4.08. The van der Waals surface area contributed by atoms with Crippen molar-refractivity contribution in [2.45, 2.75) is 18.8 Å². The number of anilines is 3. The van der Waals surface area contributed by atoms with Crippen LogP contribution in [0.5, 0.6) is 0 Å². The molecule has 0 aliphatic heterocycles. The van der Waals surface area contributed by atoms with Crippen molar-refractivity contribution in [3.63, 3.8) is 0 Å². The third-order valence-electron chi connectivity index (χ3n) is 5.64. The third kappa shape index (κ3) is 4.23. The van der Waals surface area contributed by atoms with Crippen LogP contribution in [-0.4, -0.2) is 26.1 Å². The standard InChI is InChI=1S/C26H20N6OS/c33-23(30-26-32-31-24(34-26)18-10-11-18)17-12-14-19(15-13-17)27-25-28-21-9-5-4-8-20(21)22(29-25)16-6-2-1-3-7-16/h1-9,12-15,18H,10-11H2,(H,27,28,29)(H,30,32,33). The molecule has 1 aliphatic rings. The first-order chi connectivity index (χ1) is 16.7. The summed E-state index contributed by atoms with van der Waals surface area (Å²) in [5.74, 6) is 0.808. The van der Waals surface area contributed by atoms with Gasteiger partial charge < -0.3 is 5.32 Å². The van der Waals surface area contributed by atoms with Gasteiger partial charge in [-0.25, -0.2) is 9.97 Å². The third-order valence-corrected chi connectivity index (χ3v) is 6.64. The maximum Gasteiger partial charge on any atom is 0.257 e. The molecular weight excluding hydrogens is 444 g/mol. The Morgan fingerprint density at radius 1 is 0.853 bits per heavy atom. The predicted molar refractivity (Wildman–Crippen MR) is 135 cm³/mol. The van der Waals surface area contributed by atoms with E-state index >= 15 is 0 Å². The topological polar surface area (TPSA) is 92.7 Å². The van der Waals surface area contributed by atoms with Gasteiger partial charge in [-0.05, 0) is 43.2 Å². The fourth-order valence-electron chi connectivity index (χ4n) is 3.73. The summed E-state index contributed by atoms with van der Waals surface area (Å²) in [5, 5.41) is 16.9. The monoisotopic (exact) mass is 464 g/mol. The highest BCUT2D eigenvalue weighted by atomic mass is 32.1. The smallest absolute Gasteiger partial charge is 0.257 e. The first-order valence-electron chi connectivity index (χ1n) is 11.1. The van der Waals surface area contributed by atoms with Gasteiger partial charge in [0, 0.05) is 28.1 Å². The highest BCUT2D eigenvalue weighted by Crippen LogP contribution is 2.42. The number of fused-ring (bicyclic) bond motifs is 1. The van der Waals surface area contributed by atoms with Crippen LogP contribution in [-0.2, 0) is 0 Å². The fourth-order valence-corrected chi connectivity index (χ4v) is 4.64. The minimum absolute atomic E-state index is 0.210. The van der Waals surface area contributed by atoms with Gasteiger partial charge in [-0.15, -0.1) is 10.2 Å². The van der Waals surface area contributed by atoms with E-state index in [2.05, 4.69) is 25.8 Å². The molecule has 34 heavy (non-hydrogen) atoms. The minimum atomic E-state index is -0.210. The summed E-state index contributed by atoms with van der Waals surface area (Å²) >= 11 is 1.45. The first-order valence-corrected chi connectivity index (χ1v) is 11.9. The molecule has 1 saturated carbocycles. The Morgan fingerprint density at radius 2 is 1.62 bits per heavy atom. The Hall–Kier alpha value is -4.17. The lowest BCUT2D eigenvalue weighted by Gasteiger charge is -2.11. The summed E-state index contributed by atoms with van der Waals surface area (Å²) in [6, 6.07) is 25.2. The molecule has 8 heteroatoms. The van der Waals surface area contributed by atoms with Gasteiger partial charge in [0.2, 0.25) is 11.1 Å². The Labute approximate surface area is 199 Å². The molecule has 1 amide bonds. The average molecular weight is 465 g/mol. The van der Waals surface area contributed by atoms with Crippen molar-refractivity contribution in [1.29, 1.82) is 0 Å². The zero-order valence-electron chi connectivity index (χ0n) is 18.1. The highest BCUT2D eigenvalue weighted by molar-refractivity contribution is 7.15. The molecule has 1 fully saturated rings. The summed E-state index contributed by atoms with van der Waals surface area (Å²) < 4.78 is 0. The number of carbonyl (C=O) groups is 1. The molecule has 0 atom stereocenters. The van der Waals surface area contributed by atoms with Crippen LogP contribution in [0.15, 0.2) is 78.9 Å². The van der Waals surface area contributed by atoms with Gasteiger partial charge in [0.25, 0.3) is 5.91 Å². The Morgan fingerprint density at radius 3 is 2.41 bits per heavy atom. The van der Waals surface area contributed by atoms with Gasteiger partial charge in [0.1, 0.15) is 5.01 Å². The normalized spacial score (nSPS) is 13.1. The van der Waals surface area contributed by atoms with E-state index in [1.54, 1.807) is 12.1 Å². The predicted octanol–water partition coefficient (Wildman–Crippen LogP) is 6.02. The second-order valence-electron chi connectivity index (χ2n) is 8.16. The van der Waals surface area contributed by atoms with Crippen molar-refractivity contribution in [1.82, 2.24) is 20.2 Å². The molecule has 166 valence electrons. The van der Waals surface area contributed by atoms with Crippen LogP contribution in [0.25, 0.3) is 22.2 Å². The van der Waals surface area contributed by atoms with Crippen molar-refractivity contribution in [2.24, 2.45) is 0 Å². The van der Waals surface area contributed by atoms with E-state index in [4.69, 9.17) is 4.98 Å². The van der Waals surface area contributed by atoms with Gasteiger partial charge in [-0.3, -0.25) is 10.1 Å². The van der Waals surface area contributed by atoms with Gasteiger partial charge >= 0.3 is 0 Å². The molecule has 3 aromatic carbocycles. The molecule has 7 nitrogen and oxygen atoms in total. The second kappa shape index (κ2) is 8.64. The lowest BCUT2D eigenvalue weighted by Crippen LogP contribution is -2.11. The van der Waals surface area contributed by atoms with Crippen molar-refractivity contribution in [3.05, 3.63) is 89.4 Å². The van der Waals surface area contributed by atoms with E-state index in [9.17, 15) is 4.79 Å². The molecule has 6 rings (SSSR count). The first kappa shape index (κ1) is 20.4. The zero-order chi connectivity index (χ0) is 22.9. The van der Waals surface area contributed by atoms with E-state index in [1.807, 2.05) is 66.7 Å². The van der Waals surface area contributed by atoms with Crippen LogP contribution >= 0.6 is 11.3 Å². The molecule has 2 aromatic heterocycles. The number of nitrogens with zero attached hydrogens (tertiary/aromatic N) is 4. The quantitative estimate of drug-likeness (QED) is 0.319. The Balaban J connectivity index is 1.22.